The second-order valence-electron chi connectivity index (χ2n) is 5.29. The molecular weight excluding hydrogens is 292 g/mol. The maximum Gasteiger partial charge on any atom is 0.104 e. The third kappa shape index (κ3) is 3.62. The third-order valence-corrected chi connectivity index (χ3v) is 4.41. The van der Waals surface area contributed by atoms with Crippen LogP contribution in [0.3, 0.4) is 0 Å². The molecule has 2 N–H and O–H groups in total. The van der Waals surface area contributed by atoms with Crippen LogP contribution in [0.25, 0.3) is 0 Å². The fourth-order valence-corrected chi connectivity index (χ4v) is 2.88. The van der Waals surface area contributed by atoms with Crippen LogP contribution in [0, 0.1) is 5.92 Å². The van der Waals surface area contributed by atoms with Gasteiger partial charge in [0, 0.05) is 25.3 Å². The minimum atomic E-state index is 0.372. The van der Waals surface area contributed by atoms with Gasteiger partial charge in [0.2, 0.25) is 0 Å². The predicted molar refractivity (Wildman–Crippen MR) is 88.7 cm³/mol. The molecule has 0 amide bonds. The van der Waals surface area contributed by atoms with Crippen LogP contribution in [0.1, 0.15) is 25.3 Å². The average Bonchev–Trinajstić information content (AvgIpc) is 3.24. The molecule has 3 nitrogen and oxygen atoms in total. The Morgan fingerprint density at radius 2 is 2.25 bits per heavy atom. The Morgan fingerprint density at radius 1 is 1.55 bits per heavy atom. The Labute approximate surface area is 131 Å². The molecule has 1 saturated carbocycles. The van der Waals surface area contributed by atoms with Gasteiger partial charge in [-0.1, -0.05) is 23.8 Å². The first-order valence-corrected chi connectivity index (χ1v) is 7.68. The number of halogens is 1. The number of nitrogens with zero attached hydrogens (tertiary/aromatic N) is 1. The minimum absolute atomic E-state index is 0.372. The Kier molecular flexibility index (Phi) is 5.24. The van der Waals surface area contributed by atoms with Crippen LogP contribution in [0.15, 0.2) is 18.2 Å². The summed E-state index contributed by atoms with van der Waals surface area (Å²) in [5.41, 5.74) is 7.48. The number of hydrogen-bond donors (Lipinski definition) is 1. The van der Waals surface area contributed by atoms with E-state index in [0.717, 1.165) is 23.7 Å². The van der Waals surface area contributed by atoms with Gasteiger partial charge in [-0.25, -0.2) is 0 Å². The Balaban J connectivity index is 2.25. The van der Waals surface area contributed by atoms with Crippen molar-refractivity contribution < 1.29 is 4.74 Å². The average molecular weight is 313 g/mol. The fraction of sp³-hybridized carbons (Fsp3) is 0.533. The van der Waals surface area contributed by atoms with Gasteiger partial charge in [0.05, 0.1) is 17.3 Å². The van der Waals surface area contributed by atoms with Crippen LogP contribution < -0.4 is 10.6 Å². The highest BCUT2D eigenvalue weighted by molar-refractivity contribution is 7.80. The molecule has 0 aliphatic heterocycles. The highest BCUT2D eigenvalue weighted by atomic mass is 35.5. The molecule has 0 spiro atoms. The zero-order chi connectivity index (χ0) is 14.7. The van der Waals surface area contributed by atoms with E-state index in [0.29, 0.717) is 22.7 Å². The number of ether oxygens (including phenoxy) is 1. The molecule has 2 rings (SSSR count). The van der Waals surface area contributed by atoms with E-state index in [1.54, 1.807) is 7.11 Å². The number of nitrogens with two attached hydrogens (primary N) is 1. The van der Waals surface area contributed by atoms with E-state index in [-0.39, 0.29) is 0 Å². The molecular formula is C15H21ClN2OS. The summed E-state index contributed by atoms with van der Waals surface area (Å²) in [6.07, 6.45) is 2.60. The second kappa shape index (κ2) is 6.74. The normalized spacial score (nSPS) is 15.9. The molecule has 0 bridgehead atoms. The van der Waals surface area contributed by atoms with Gasteiger partial charge in [0.15, 0.2) is 0 Å². The quantitative estimate of drug-likeness (QED) is 0.785. The van der Waals surface area contributed by atoms with E-state index in [2.05, 4.69) is 11.8 Å². The van der Waals surface area contributed by atoms with Gasteiger partial charge in [-0.05, 0) is 43.9 Å². The van der Waals surface area contributed by atoms with Crippen molar-refractivity contribution in [3.05, 3.63) is 28.8 Å². The molecule has 110 valence electrons. The maximum absolute atomic E-state index is 6.42. The van der Waals surface area contributed by atoms with Crippen molar-refractivity contribution in [2.75, 3.05) is 25.2 Å². The van der Waals surface area contributed by atoms with Gasteiger partial charge in [-0.2, -0.15) is 0 Å². The van der Waals surface area contributed by atoms with Crippen LogP contribution in [-0.2, 0) is 4.74 Å². The van der Waals surface area contributed by atoms with E-state index in [4.69, 9.17) is 34.3 Å². The number of methoxy groups -OCH3 is 1. The molecule has 5 heteroatoms. The highest BCUT2D eigenvalue weighted by Gasteiger charge is 2.32. The first-order chi connectivity index (χ1) is 9.54. The lowest BCUT2D eigenvalue weighted by Crippen LogP contribution is -2.37. The topological polar surface area (TPSA) is 38.5 Å². The molecule has 1 atom stereocenters. The number of thiocarbonyl (C=S) groups is 1. The SMILES string of the molecule is COCCN(c1ccc(C(N)=S)cc1Cl)C(C)C1CC1. The minimum Gasteiger partial charge on any atom is -0.389 e. The van der Waals surface area contributed by atoms with Gasteiger partial charge < -0.3 is 15.4 Å². The molecule has 1 aromatic rings. The number of benzene rings is 1. The first-order valence-electron chi connectivity index (χ1n) is 6.89. The number of rotatable bonds is 7. The zero-order valence-electron chi connectivity index (χ0n) is 11.9. The largest absolute Gasteiger partial charge is 0.389 e. The Bertz CT molecular complexity index is 491. The van der Waals surface area contributed by atoms with E-state index in [9.17, 15) is 0 Å². The number of hydrogen-bond acceptors (Lipinski definition) is 3. The van der Waals surface area contributed by atoms with E-state index >= 15 is 0 Å². The summed E-state index contributed by atoms with van der Waals surface area (Å²) < 4.78 is 5.22. The van der Waals surface area contributed by atoms with Gasteiger partial charge in [-0.3, -0.25) is 0 Å². The van der Waals surface area contributed by atoms with Crippen LogP contribution in [0.5, 0.6) is 0 Å². The molecule has 0 aromatic heterocycles. The predicted octanol–water partition coefficient (Wildman–Crippen LogP) is 3.23. The van der Waals surface area contributed by atoms with E-state index < -0.39 is 0 Å². The molecule has 0 heterocycles. The number of anilines is 1. The molecule has 20 heavy (non-hydrogen) atoms. The molecule has 1 aliphatic carbocycles. The van der Waals surface area contributed by atoms with Crippen molar-refractivity contribution in [3.8, 4) is 0 Å². The Morgan fingerprint density at radius 3 is 2.75 bits per heavy atom. The van der Waals surface area contributed by atoms with Crippen LogP contribution in [-0.4, -0.2) is 31.3 Å². The fourth-order valence-electron chi connectivity index (χ4n) is 2.46. The summed E-state index contributed by atoms with van der Waals surface area (Å²) in [4.78, 5) is 2.70. The first kappa shape index (κ1) is 15.5. The van der Waals surface area contributed by atoms with E-state index in [1.165, 1.54) is 12.8 Å². The zero-order valence-corrected chi connectivity index (χ0v) is 13.5. The van der Waals surface area contributed by atoms with Crippen LogP contribution in [0.4, 0.5) is 5.69 Å². The monoisotopic (exact) mass is 312 g/mol. The van der Waals surface area contributed by atoms with E-state index in [1.807, 2.05) is 18.2 Å². The van der Waals surface area contributed by atoms with Crippen molar-refractivity contribution in [3.63, 3.8) is 0 Å². The van der Waals surface area contributed by atoms with Crippen LogP contribution in [0.2, 0.25) is 5.02 Å². The molecule has 1 aliphatic rings. The summed E-state index contributed by atoms with van der Waals surface area (Å²) in [5.74, 6) is 0.762. The van der Waals surface area contributed by atoms with Gasteiger partial charge in [0.1, 0.15) is 4.99 Å². The summed E-state index contributed by atoms with van der Waals surface area (Å²) in [5, 5.41) is 0.693. The van der Waals surface area contributed by atoms with Crippen molar-refractivity contribution in [1.29, 1.82) is 0 Å². The van der Waals surface area contributed by atoms with Gasteiger partial charge in [0.25, 0.3) is 0 Å². The van der Waals surface area contributed by atoms with Crippen molar-refractivity contribution in [2.24, 2.45) is 11.7 Å². The third-order valence-electron chi connectivity index (χ3n) is 3.87. The second-order valence-corrected chi connectivity index (χ2v) is 6.14. The molecule has 1 fully saturated rings. The standard InChI is InChI=1S/C15H21ClN2OS/c1-10(11-3-4-11)18(7-8-19-2)14-6-5-12(15(17)20)9-13(14)16/h5-6,9-11H,3-4,7-8H2,1-2H3,(H2,17,20). The Hall–Kier alpha value is -0.840. The van der Waals surface area contributed by atoms with Gasteiger partial charge >= 0.3 is 0 Å². The summed E-state index contributed by atoms with van der Waals surface area (Å²) in [6, 6.07) is 6.26. The van der Waals surface area contributed by atoms with Gasteiger partial charge in [-0.15, -0.1) is 0 Å². The summed E-state index contributed by atoms with van der Waals surface area (Å²) in [7, 11) is 1.72. The molecule has 1 aromatic carbocycles. The van der Waals surface area contributed by atoms with Crippen LogP contribution >= 0.6 is 23.8 Å². The van der Waals surface area contributed by atoms with Crippen molar-refractivity contribution in [1.82, 2.24) is 0 Å². The molecule has 1 unspecified atom stereocenters. The van der Waals surface area contributed by atoms with Crippen molar-refractivity contribution >= 4 is 34.5 Å². The molecule has 0 radical (unpaired) electrons. The lowest BCUT2D eigenvalue weighted by atomic mass is 10.1. The maximum atomic E-state index is 6.42. The van der Waals surface area contributed by atoms with Crippen molar-refractivity contribution in [2.45, 2.75) is 25.8 Å². The summed E-state index contributed by atoms with van der Waals surface area (Å²) in [6.45, 7) is 3.77. The lowest BCUT2D eigenvalue weighted by molar-refractivity contribution is 0.202. The molecule has 0 saturated heterocycles. The smallest absolute Gasteiger partial charge is 0.104 e. The summed E-state index contributed by atoms with van der Waals surface area (Å²) >= 11 is 11.4. The highest BCUT2D eigenvalue weighted by Crippen LogP contribution is 2.38. The lowest BCUT2D eigenvalue weighted by Gasteiger charge is -2.32.